The molecule has 1 saturated heterocycles. The lowest BCUT2D eigenvalue weighted by molar-refractivity contribution is 0.0997. The van der Waals surface area contributed by atoms with Crippen LogP contribution in [0, 0.1) is 0 Å². The van der Waals surface area contributed by atoms with Crippen LogP contribution in [0.15, 0.2) is 66.7 Å². The standard InChI is InChI=1S/C28H32ClNO5S/c1-2-6-19-17-24(35-22-11-9-21(29)10-12-22)13-14-25(19)34-16-4-3-15-33-23-8-5-7-20(18-23)26-27(31)30-28(32)36-26/h5,7-14,17-18,26-28,30-32H,2-4,6,15-16H2,1H3. The minimum Gasteiger partial charge on any atom is -0.494 e. The van der Waals surface area contributed by atoms with E-state index in [-0.39, 0.29) is 5.25 Å². The van der Waals surface area contributed by atoms with Gasteiger partial charge in [0, 0.05) is 5.02 Å². The number of benzene rings is 3. The second-order valence-corrected chi connectivity index (χ2v) is 10.2. The fourth-order valence-electron chi connectivity index (χ4n) is 3.97. The van der Waals surface area contributed by atoms with Crippen molar-refractivity contribution in [2.24, 2.45) is 0 Å². The molecule has 4 rings (SSSR count). The van der Waals surface area contributed by atoms with Gasteiger partial charge in [-0.15, -0.1) is 11.8 Å². The van der Waals surface area contributed by atoms with Crippen molar-refractivity contribution in [3.63, 3.8) is 0 Å². The van der Waals surface area contributed by atoms with Crippen molar-refractivity contribution in [2.45, 2.75) is 49.6 Å². The van der Waals surface area contributed by atoms with Crippen molar-refractivity contribution in [1.82, 2.24) is 5.32 Å². The highest BCUT2D eigenvalue weighted by molar-refractivity contribution is 8.00. The predicted molar refractivity (Wildman–Crippen MR) is 144 cm³/mol. The van der Waals surface area contributed by atoms with E-state index in [1.165, 1.54) is 11.8 Å². The quantitative estimate of drug-likeness (QED) is 0.238. The predicted octanol–water partition coefficient (Wildman–Crippen LogP) is 6.29. The number of aliphatic hydroxyl groups is 2. The van der Waals surface area contributed by atoms with Crippen molar-refractivity contribution < 1.29 is 24.4 Å². The Morgan fingerprint density at radius 1 is 0.889 bits per heavy atom. The van der Waals surface area contributed by atoms with Crippen LogP contribution in [0.1, 0.15) is 42.6 Å². The normalized spacial score (nSPS) is 19.3. The second-order valence-electron chi connectivity index (χ2n) is 8.57. The molecule has 1 fully saturated rings. The molecule has 0 aliphatic carbocycles. The summed E-state index contributed by atoms with van der Waals surface area (Å²) in [5.74, 6) is 3.16. The highest BCUT2D eigenvalue weighted by Crippen LogP contribution is 2.39. The molecule has 0 spiro atoms. The fraction of sp³-hybridized carbons (Fsp3) is 0.357. The topological polar surface area (TPSA) is 80.2 Å². The minimum atomic E-state index is -0.784. The third-order valence-electron chi connectivity index (χ3n) is 5.73. The van der Waals surface area contributed by atoms with Crippen LogP contribution in [0.3, 0.4) is 0 Å². The number of nitrogens with one attached hydrogen (secondary N) is 1. The molecule has 0 saturated carbocycles. The summed E-state index contributed by atoms with van der Waals surface area (Å²) in [5, 5.41) is 22.9. The molecule has 0 amide bonds. The van der Waals surface area contributed by atoms with Gasteiger partial charge in [-0.2, -0.15) is 0 Å². The van der Waals surface area contributed by atoms with E-state index in [1.54, 1.807) is 0 Å². The number of aliphatic hydroxyl groups excluding tert-OH is 2. The van der Waals surface area contributed by atoms with Gasteiger partial charge in [-0.05, 0) is 85.0 Å². The fourth-order valence-corrected chi connectivity index (χ4v) is 5.12. The number of rotatable bonds is 12. The van der Waals surface area contributed by atoms with Crippen molar-refractivity contribution >= 4 is 23.4 Å². The minimum absolute atomic E-state index is 0.225. The molecule has 3 N–H and O–H groups in total. The van der Waals surface area contributed by atoms with Crippen LogP contribution in [-0.4, -0.2) is 35.2 Å². The highest BCUT2D eigenvalue weighted by Gasteiger charge is 2.33. The summed E-state index contributed by atoms with van der Waals surface area (Å²) >= 11 is 7.24. The molecule has 0 bridgehead atoms. The zero-order valence-electron chi connectivity index (χ0n) is 20.2. The summed E-state index contributed by atoms with van der Waals surface area (Å²) < 4.78 is 18.0. The van der Waals surface area contributed by atoms with Crippen LogP contribution >= 0.6 is 23.4 Å². The van der Waals surface area contributed by atoms with E-state index in [0.29, 0.717) is 18.2 Å². The van der Waals surface area contributed by atoms with E-state index in [1.807, 2.05) is 66.7 Å². The molecule has 8 heteroatoms. The van der Waals surface area contributed by atoms with Gasteiger partial charge in [0.05, 0.1) is 18.5 Å². The van der Waals surface area contributed by atoms with Crippen LogP contribution in [0.5, 0.6) is 23.0 Å². The van der Waals surface area contributed by atoms with E-state index >= 15 is 0 Å². The van der Waals surface area contributed by atoms with E-state index in [0.717, 1.165) is 59.8 Å². The van der Waals surface area contributed by atoms with Crippen molar-refractivity contribution in [1.29, 1.82) is 0 Å². The number of ether oxygens (including phenoxy) is 3. The largest absolute Gasteiger partial charge is 0.494 e. The average Bonchev–Trinajstić information content (AvgIpc) is 3.22. The third kappa shape index (κ3) is 7.54. The number of unbranched alkanes of at least 4 members (excludes halogenated alkanes) is 1. The van der Waals surface area contributed by atoms with Crippen molar-refractivity contribution in [2.75, 3.05) is 13.2 Å². The molecule has 1 heterocycles. The number of thioether (sulfide) groups is 1. The highest BCUT2D eigenvalue weighted by atomic mass is 35.5. The first-order valence-electron chi connectivity index (χ1n) is 12.2. The van der Waals surface area contributed by atoms with Crippen LogP contribution in [0.25, 0.3) is 0 Å². The molecule has 1 aliphatic heterocycles. The van der Waals surface area contributed by atoms with Gasteiger partial charge < -0.3 is 24.4 Å². The Hall–Kier alpha value is -2.42. The van der Waals surface area contributed by atoms with Crippen molar-refractivity contribution in [3.8, 4) is 23.0 Å². The first-order valence-corrected chi connectivity index (χ1v) is 13.5. The first-order chi connectivity index (χ1) is 17.5. The summed E-state index contributed by atoms with van der Waals surface area (Å²) in [6, 6.07) is 20.9. The molecule has 36 heavy (non-hydrogen) atoms. The summed E-state index contributed by atoms with van der Waals surface area (Å²) in [7, 11) is 0. The Morgan fingerprint density at radius 2 is 1.64 bits per heavy atom. The average molecular weight is 530 g/mol. The van der Waals surface area contributed by atoms with Crippen LogP contribution in [-0.2, 0) is 6.42 Å². The molecule has 3 aromatic rings. The maximum atomic E-state index is 10.1. The first kappa shape index (κ1) is 26.6. The van der Waals surface area contributed by atoms with Crippen LogP contribution < -0.4 is 19.5 Å². The Kier molecular flexibility index (Phi) is 9.78. The molecular weight excluding hydrogens is 498 g/mol. The molecule has 3 atom stereocenters. The van der Waals surface area contributed by atoms with Crippen molar-refractivity contribution in [3.05, 3.63) is 82.9 Å². The van der Waals surface area contributed by atoms with E-state index in [9.17, 15) is 10.2 Å². The number of hydrogen-bond acceptors (Lipinski definition) is 7. The maximum Gasteiger partial charge on any atom is 0.155 e. The molecule has 6 nitrogen and oxygen atoms in total. The summed E-state index contributed by atoms with van der Waals surface area (Å²) in [6.45, 7) is 3.32. The number of aryl methyl sites for hydroxylation is 1. The third-order valence-corrected chi connectivity index (χ3v) is 7.20. The van der Waals surface area contributed by atoms with Gasteiger partial charge in [-0.25, -0.2) is 0 Å². The molecule has 1 aliphatic rings. The van der Waals surface area contributed by atoms with Crippen LogP contribution in [0.4, 0.5) is 0 Å². The Balaban J connectivity index is 1.22. The van der Waals surface area contributed by atoms with Gasteiger partial charge in [0.1, 0.15) is 29.2 Å². The zero-order valence-corrected chi connectivity index (χ0v) is 21.8. The van der Waals surface area contributed by atoms with E-state index in [2.05, 4.69) is 12.2 Å². The molecule has 192 valence electrons. The Labute approximate surface area is 221 Å². The monoisotopic (exact) mass is 529 g/mol. The van der Waals surface area contributed by atoms with Gasteiger partial charge in [0.15, 0.2) is 5.56 Å². The molecule has 0 radical (unpaired) electrons. The zero-order chi connectivity index (χ0) is 25.3. The molecule has 3 aromatic carbocycles. The van der Waals surface area contributed by atoms with E-state index in [4.69, 9.17) is 25.8 Å². The molecule has 0 aromatic heterocycles. The van der Waals surface area contributed by atoms with Gasteiger partial charge in [-0.1, -0.05) is 37.1 Å². The lowest BCUT2D eigenvalue weighted by atomic mass is 10.1. The van der Waals surface area contributed by atoms with Gasteiger partial charge >= 0.3 is 0 Å². The van der Waals surface area contributed by atoms with Gasteiger partial charge in [0.2, 0.25) is 0 Å². The van der Waals surface area contributed by atoms with Gasteiger partial charge in [-0.3, -0.25) is 5.32 Å². The SMILES string of the molecule is CCCc1cc(Oc2ccc(Cl)cc2)ccc1OCCCCOc1cccc(C2SC(O)NC2O)c1. The summed E-state index contributed by atoms with van der Waals surface area (Å²) in [6.07, 6.45) is 2.85. The second kappa shape index (κ2) is 13.2. The Bertz CT molecular complexity index is 1110. The number of hydrogen-bond donors (Lipinski definition) is 3. The Morgan fingerprint density at radius 3 is 2.36 bits per heavy atom. The molecule has 3 unspecified atom stereocenters. The molecular formula is C28H32ClNO5S. The maximum absolute atomic E-state index is 10.1. The summed E-state index contributed by atoms with van der Waals surface area (Å²) in [5.41, 5.74) is 1.28. The van der Waals surface area contributed by atoms with E-state index < -0.39 is 11.8 Å². The van der Waals surface area contributed by atoms with Crippen LogP contribution in [0.2, 0.25) is 5.02 Å². The summed E-state index contributed by atoms with van der Waals surface area (Å²) in [4.78, 5) is 0. The number of halogens is 1. The smallest absolute Gasteiger partial charge is 0.155 e. The lowest BCUT2D eigenvalue weighted by Crippen LogP contribution is -2.29. The van der Waals surface area contributed by atoms with Gasteiger partial charge in [0.25, 0.3) is 0 Å². The lowest BCUT2D eigenvalue weighted by Gasteiger charge is -2.15.